The maximum absolute atomic E-state index is 11.4. The van der Waals surface area contributed by atoms with Crippen LogP contribution in [-0.4, -0.2) is 15.9 Å². The molecule has 0 aromatic heterocycles. The van der Waals surface area contributed by atoms with Crippen molar-refractivity contribution in [3.8, 4) is 0 Å². The molecule has 0 saturated carbocycles. The number of rotatable bonds is 4. The number of Topliss-reactive ketones (excluding diaryl/α,β-unsaturated/α-hetero) is 1. The van der Waals surface area contributed by atoms with E-state index >= 15 is 0 Å². The summed E-state index contributed by atoms with van der Waals surface area (Å²) in [6, 6.07) is 9.87. The van der Waals surface area contributed by atoms with Crippen LogP contribution >= 0.6 is 47.8 Å². The number of halogens is 3. The molecule has 0 aliphatic carbocycles. The van der Waals surface area contributed by atoms with Gasteiger partial charge in [0, 0.05) is 0 Å². The zero-order chi connectivity index (χ0) is 10.6. The van der Waals surface area contributed by atoms with E-state index in [1.165, 1.54) is 0 Å². The first-order valence-electron chi connectivity index (χ1n) is 4.08. The first-order valence-corrected chi connectivity index (χ1v) is 7.04. The molecule has 1 rings (SSSR count). The predicted molar refractivity (Wildman–Crippen MR) is 69.6 cm³/mol. The molecule has 0 radical (unpaired) electrons. The molecule has 1 aromatic carbocycles. The number of benzene rings is 1. The van der Waals surface area contributed by atoms with E-state index < -0.39 is 0 Å². The quantitative estimate of drug-likeness (QED) is 0.721. The van der Waals surface area contributed by atoms with Gasteiger partial charge >= 0.3 is 0 Å². The Kier molecular flexibility index (Phi) is 5.34. The molecule has 0 fully saturated rings. The van der Waals surface area contributed by atoms with Crippen LogP contribution in [0.3, 0.4) is 0 Å². The Balaban J connectivity index is 2.75. The summed E-state index contributed by atoms with van der Waals surface area (Å²) in [7, 11) is 0. The van der Waals surface area contributed by atoms with E-state index in [1.807, 2.05) is 30.3 Å². The fourth-order valence-corrected chi connectivity index (χ4v) is 2.89. The summed E-state index contributed by atoms with van der Waals surface area (Å²) in [5, 5.41) is 0.373. The highest BCUT2D eigenvalue weighted by Gasteiger charge is 2.23. The third-order valence-electron chi connectivity index (χ3n) is 1.81. The first kappa shape index (κ1) is 12.4. The lowest BCUT2D eigenvalue weighted by Crippen LogP contribution is -2.19. The molecule has 0 bridgehead atoms. The van der Waals surface area contributed by atoms with Gasteiger partial charge in [-0.05, 0) is 5.56 Å². The molecular weight excluding hydrogens is 376 g/mol. The van der Waals surface area contributed by atoms with Crippen LogP contribution in [0.15, 0.2) is 30.3 Å². The molecule has 0 amide bonds. The fourth-order valence-electron chi connectivity index (χ4n) is 1.04. The molecule has 1 nitrogen and oxygen atoms in total. The Morgan fingerprint density at radius 1 is 1.21 bits per heavy atom. The van der Waals surface area contributed by atoms with Crippen molar-refractivity contribution < 1.29 is 4.79 Å². The third kappa shape index (κ3) is 3.17. The highest BCUT2D eigenvalue weighted by Crippen LogP contribution is 2.31. The van der Waals surface area contributed by atoms with E-state index in [0.717, 1.165) is 5.56 Å². The van der Waals surface area contributed by atoms with Gasteiger partial charge in [0.15, 0.2) is 5.78 Å². The molecule has 14 heavy (non-hydrogen) atoms. The molecule has 0 saturated heterocycles. The molecule has 0 unspecified atom stereocenters. The van der Waals surface area contributed by atoms with Crippen molar-refractivity contribution in [1.29, 1.82) is 0 Å². The molecule has 0 N–H and O–H groups in total. The van der Waals surface area contributed by atoms with E-state index in [4.69, 9.17) is 0 Å². The van der Waals surface area contributed by atoms with Crippen molar-refractivity contribution in [3.05, 3.63) is 35.9 Å². The second kappa shape index (κ2) is 6.03. The van der Waals surface area contributed by atoms with Crippen LogP contribution in [-0.2, 0) is 4.79 Å². The van der Waals surface area contributed by atoms with Gasteiger partial charge in [0.05, 0.1) is 15.0 Å². The minimum Gasteiger partial charge on any atom is -0.297 e. The van der Waals surface area contributed by atoms with Gasteiger partial charge in [0.25, 0.3) is 0 Å². The van der Waals surface area contributed by atoms with Crippen LogP contribution in [0.2, 0.25) is 0 Å². The van der Waals surface area contributed by atoms with E-state index in [9.17, 15) is 4.79 Å². The molecule has 0 heterocycles. The molecule has 2 atom stereocenters. The smallest absolute Gasteiger partial charge is 0.158 e. The van der Waals surface area contributed by atoms with Gasteiger partial charge in [0.1, 0.15) is 0 Å². The summed E-state index contributed by atoms with van der Waals surface area (Å²) in [4.78, 5) is 11.2. The maximum Gasteiger partial charge on any atom is 0.158 e. The van der Waals surface area contributed by atoms with E-state index in [1.54, 1.807) is 0 Å². The number of hydrogen-bond donors (Lipinski definition) is 0. The lowest BCUT2D eigenvalue weighted by molar-refractivity contribution is -0.115. The van der Waals surface area contributed by atoms with Crippen molar-refractivity contribution in [2.24, 2.45) is 0 Å². The normalized spacial score (nSPS) is 14.8. The zero-order valence-corrected chi connectivity index (χ0v) is 12.0. The molecule has 4 heteroatoms. The number of carbonyl (C=O) groups excluding carboxylic acids is 1. The fraction of sp³-hybridized carbons (Fsp3) is 0.300. The molecule has 1 aromatic rings. The Labute approximate surface area is 109 Å². The van der Waals surface area contributed by atoms with Gasteiger partial charge in [-0.2, -0.15) is 0 Å². The molecule has 76 valence electrons. The average Bonchev–Trinajstić information content (AvgIpc) is 2.27. The van der Waals surface area contributed by atoms with Gasteiger partial charge < -0.3 is 0 Å². The predicted octanol–water partition coefficient (Wildman–Crippen LogP) is 3.85. The van der Waals surface area contributed by atoms with Crippen molar-refractivity contribution in [2.45, 2.75) is 9.65 Å². The SMILES string of the molecule is O=C(CBr)[C@H](Br)[C@@H](Br)c1ccccc1. The van der Waals surface area contributed by atoms with E-state index in [2.05, 4.69) is 47.8 Å². The van der Waals surface area contributed by atoms with Gasteiger partial charge in [0.2, 0.25) is 0 Å². The largest absolute Gasteiger partial charge is 0.297 e. The highest BCUT2D eigenvalue weighted by atomic mass is 79.9. The molecule has 0 spiro atoms. The van der Waals surface area contributed by atoms with Crippen LogP contribution < -0.4 is 0 Å². The lowest BCUT2D eigenvalue weighted by Gasteiger charge is -2.14. The summed E-state index contributed by atoms with van der Waals surface area (Å²) in [5.41, 5.74) is 1.10. The van der Waals surface area contributed by atoms with Gasteiger partial charge in [-0.3, -0.25) is 4.79 Å². The van der Waals surface area contributed by atoms with Crippen molar-refractivity contribution in [1.82, 2.24) is 0 Å². The monoisotopic (exact) mass is 382 g/mol. The third-order valence-corrected chi connectivity index (χ3v) is 5.17. The summed E-state index contributed by atoms with van der Waals surface area (Å²) >= 11 is 10.0. The van der Waals surface area contributed by atoms with E-state index in [-0.39, 0.29) is 15.4 Å². The summed E-state index contributed by atoms with van der Waals surface area (Å²) in [6.45, 7) is 0. The van der Waals surface area contributed by atoms with Gasteiger partial charge in [-0.25, -0.2) is 0 Å². The minimum atomic E-state index is -0.190. The van der Waals surface area contributed by atoms with Crippen LogP contribution in [0, 0.1) is 0 Å². The summed E-state index contributed by atoms with van der Waals surface area (Å²) in [5.74, 6) is 0.135. The second-order valence-corrected chi connectivity index (χ2v) is 5.35. The van der Waals surface area contributed by atoms with Crippen LogP contribution in [0.4, 0.5) is 0 Å². The maximum atomic E-state index is 11.4. The van der Waals surface area contributed by atoms with E-state index in [0.29, 0.717) is 5.33 Å². The number of hydrogen-bond acceptors (Lipinski definition) is 1. The average molecular weight is 385 g/mol. The Hall–Kier alpha value is 0.330. The highest BCUT2D eigenvalue weighted by molar-refractivity contribution is 9.12. The Bertz CT molecular complexity index is 299. The Morgan fingerprint density at radius 3 is 2.29 bits per heavy atom. The van der Waals surface area contributed by atoms with Gasteiger partial charge in [-0.1, -0.05) is 78.1 Å². The minimum absolute atomic E-state index is 0.0220. The summed E-state index contributed by atoms with van der Waals surface area (Å²) < 4.78 is 0. The Morgan fingerprint density at radius 2 is 1.79 bits per heavy atom. The number of alkyl halides is 3. The summed E-state index contributed by atoms with van der Waals surface area (Å²) in [6.07, 6.45) is 0. The van der Waals surface area contributed by atoms with Crippen molar-refractivity contribution in [3.63, 3.8) is 0 Å². The van der Waals surface area contributed by atoms with Crippen LogP contribution in [0.5, 0.6) is 0 Å². The standard InChI is InChI=1S/C10H9Br3O/c11-6-8(14)10(13)9(12)7-4-2-1-3-5-7/h1-5,9-10H,6H2/t9-,10-/m0/s1. The number of carbonyl (C=O) groups is 1. The first-order chi connectivity index (χ1) is 6.66. The number of ketones is 1. The topological polar surface area (TPSA) is 17.1 Å². The van der Waals surface area contributed by atoms with Crippen LogP contribution in [0.1, 0.15) is 10.4 Å². The van der Waals surface area contributed by atoms with Crippen molar-refractivity contribution in [2.75, 3.05) is 5.33 Å². The van der Waals surface area contributed by atoms with Crippen LogP contribution in [0.25, 0.3) is 0 Å². The van der Waals surface area contributed by atoms with Crippen molar-refractivity contribution >= 4 is 53.6 Å². The molecule has 0 aliphatic heterocycles. The van der Waals surface area contributed by atoms with Gasteiger partial charge in [-0.15, -0.1) is 0 Å². The second-order valence-electron chi connectivity index (χ2n) is 2.81. The lowest BCUT2D eigenvalue weighted by atomic mass is 10.1. The molecular formula is C10H9Br3O. The zero-order valence-electron chi connectivity index (χ0n) is 7.29. The molecule has 0 aliphatic rings.